The van der Waals surface area contributed by atoms with Crippen molar-refractivity contribution < 1.29 is 48.0 Å². The van der Waals surface area contributed by atoms with Crippen LogP contribution < -0.4 is 48.0 Å². The smallest absolute Gasteiger partial charge is 0.336 e. The fourth-order valence-corrected chi connectivity index (χ4v) is 11.9. The molecule has 0 heterocycles. The average molecular weight is 530 g/mol. The molecule has 19 heavy (non-hydrogen) atoms. The van der Waals surface area contributed by atoms with Crippen molar-refractivity contribution in [3.05, 3.63) is 5.90 Å². The van der Waals surface area contributed by atoms with E-state index in [4.69, 9.17) is 0 Å². The van der Waals surface area contributed by atoms with Gasteiger partial charge in [0.1, 0.15) is 0 Å². The summed E-state index contributed by atoms with van der Waals surface area (Å²) >= 11 is 0. The highest BCUT2D eigenvalue weighted by molar-refractivity contribution is 7.95. The van der Waals surface area contributed by atoms with Gasteiger partial charge in [0.15, 0.2) is 0 Å². The first-order chi connectivity index (χ1) is 7.48. The topological polar surface area (TPSA) is 0 Å². The van der Waals surface area contributed by atoms with Gasteiger partial charge in [-0.3, -0.25) is 0 Å². The Hall–Kier alpha value is 2.32. The Morgan fingerprint density at radius 1 is 0.526 bits per heavy atom. The first-order valence-electron chi connectivity index (χ1n) is 6.99. The molecular weight excluding hydrogens is 496 g/mol. The number of halogens is 2. The Kier molecular flexibility index (Phi) is 14.0. The second-order valence-electron chi connectivity index (χ2n) is 6.77. The fraction of sp³-hybridized carbons (Fsp3) is 0.933. The third kappa shape index (κ3) is 6.53. The second kappa shape index (κ2) is 10.2. The molecule has 0 aliphatic heterocycles. The molecule has 0 saturated heterocycles. The number of hydrogen-bond acceptors (Lipinski definition) is 0. The van der Waals surface area contributed by atoms with E-state index in [0.717, 1.165) is 22.6 Å². The average Bonchev–Trinajstić information content (AvgIpc) is 2.15. The van der Waals surface area contributed by atoms with Gasteiger partial charge in [-0.25, -0.2) is 0 Å². The lowest BCUT2D eigenvalue weighted by Gasteiger charge is -2.35. The molecule has 0 rings (SSSR count). The molecule has 0 N–H and O–H groups in total. The number of hydrogen-bond donors (Lipinski definition) is 0. The summed E-state index contributed by atoms with van der Waals surface area (Å²) in [5.41, 5.74) is 3.11. The minimum Gasteiger partial charge on any atom is -1.00 e. The summed E-state index contributed by atoms with van der Waals surface area (Å²) in [5.74, 6) is 4.23. The van der Waals surface area contributed by atoms with E-state index in [1.54, 1.807) is 0 Å². The van der Waals surface area contributed by atoms with E-state index in [-0.39, 0.29) is 48.0 Å². The second-order valence-corrected chi connectivity index (χ2v) is 16.3. The summed E-state index contributed by atoms with van der Waals surface area (Å²) in [4.78, 5) is 0. The molecule has 0 saturated carbocycles. The van der Waals surface area contributed by atoms with Crippen LogP contribution in [0.3, 0.4) is 0 Å². The first-order valence-corrected chi connectivity index (χ1v) is 11.7. The zero-order chi connectivity index (χ0) is 14.0. The minimum absolute atomic E-state index is 0. The molecule has 0 unspecified atom stereocenters. The minimum atomic E-state index is -1.04. The molecule has 0 aliphatic carbocycles. The lowest BCUT2D eigenvalue weighted by molar-refractivity contribution is -0.00100. The predicted molar refractivity (Wildman–Crippen MR) is 89.5 cm³/mol. The zero-order valence-electron chi connectivity index (χ0n) is 14.5. The molecule has 0 amide bonds. The maximum Gasteiger partial charge on any atom is 0.336 e. The van der Waals surface area contributed by atoms with Crippen LogP contribution in [0.1, 0.15) is 55.4 Å². The lowest BCUT2D eigenvalue weighted by atomic mass is 10.5. The Bertz CT molecular complexity index is 198. The van der Waals surface area contributed by atoms with Crippen LogP contribution in [0.15, 0.2) is 0 Å². The molecule has 4 heteroatoms. The van der Waals surface area contributed by atoms with Gasteiger partial charge >= 0.3 is 5.90 Å². The standard InChI is InChI=1S/C15H34P2.2HI/c1-12(2)16(9,13(3)4)11-17(10,14(5)6)15(7)8;;/h12-15H,1-10H3;2*1H/q+2;;/p-2. The molecule has 0 fully saturated rings. The highest BCUT2D eigenvalue weighted by atomic mass is 127. The maximum absolute atomic E-state index is 4.23. The van der Waals surface area contributed by atoms with Crippen molar-refractivity contribution >= 4 is 14.5 Å². The lowest BCUT2D eigenvalue weighted by Crippen LogP contribution is -3.00. The van der Waals surface area contributed by atoms with Crippen molar-refractivity contribution in [2.24, 2.45) is 0 Å². The zero-order valence-corrected chi connectivity index (χ0v) is 20.6. The SMILES string of the molecule is CC(C)[P+](C)([C][P+](C)(C(C)C)C(C)C)C(C)C.[I-].[I-]. The molecule has 0 aromatic rings. The van der Waals surface area contributed by atoms with Crippen molar-refractivity contribution in [3.8, 4) is 0 Å². The van der Waals surface area contributed by atoms with Crippen molar-refractivity contribution in [3.63, 3.8) is 0 Å². The molecular formula is C15H34I2P2. The van der Waals surface area contributed by atoms with Gasteiger partial charge in [0.2, 0.25) is 0 Å². The van der Waals surface area contributed by atoms with E-state index in [1.165, 1.54) is 0 Å². The molecule has 0 aromatic carbocycles. The molecule has 0 spiro atoms. The van der Waals surface area contributed by atoms with Crippen LogP contribution in [-0.4, -0.2) is 36.0 Å². The fourth-order valence-electron chi connectivity index (χ4n) is 2.12. The summed E-state index contributed by atoms with van der Waals surface area (Å²) in [5, 5.41) is 0. The summed E-state index contributed by atoms with van der Waals surface area (Å²) < 4.78 is 0. The van der Waals surface area contributed by atoms with Crippen LogP contribution >= 0.6 is 14.5 Å². The summed E-state index contributed by atoms with van der Waals surface area (Å²) in [6, 6.07) is 0. The van der Waals surface area contributed by atoms with Gasteiger partial charge in [0.25, 0.3) is 0 Å². The van der Waals surface area contributed by atoms with Crippen LogP contribution in [0.4, 0.5) is 0 Å². The Labute approximate surface area is 158 Å². The van der Waals surface area contributed by atoms with E-state index in [2.05, 4.69) is 74.6 Å². The third-order valence-corrected chi connectivity index (χ3v) is 16.8. The molecule has 0 atom stereocenters. The quantitative estimate of drug-likeness (QED) is 0.333. The van der Waals surface area contributed by atoms with Crippen molar-refractivity contribution in [1.82, 2.24) is 0 Å². The van der Waals surface area contributed by atoms with Crippen molar-refractivity contribution in [2.75, 3.05) is 13.3 Å². The molecule has 0 aromatic heterocycles. The van der Waals surface area contributed by atoms with Gasteiger partial charge < -0.3 is 48.0 Å². The van der Waals surface area contributed by atoms with E-state index in [0.29, 0.717) is 0 Å². The van der Waals surface area contributed by atoms with Gasteiger partial charge in [-0.15, -0.1) is 0 Å². The van der Waals surface area contributed by atoms with Crippen molar-refractivity contribution in [1.29, 1.82) is 0 Å². The largest absolute Gasteiger partial charge is 1.00 e. The van der Waals surface area contributed by atoms with E-state index < -0.39 is 14.5 Å². The summed E-state index contributed by atoms with van der Waals surface area (Å²) in [6.45, 7) is 24.2. The molecule has 0 bridgehead atoms. The molecule has 118 valence electrons. The van der Waals surface area contributed by atoms with Crippen LogP contribution in [-0.2, 0) is 0 Å². The Morgan fingerprint density at radius 2 is 0.684 bits per heavy atom. The number of rotatable bonds is 6. The van der Waals surface area contributed by atoms with Gasteiger partial charge in [0, 0.05) is 0 Å². The van der Waals surface area contributed by atoms with Gasteiger partial charge in [-0.1, -0.05) is 0 Å². The summed E-state index contributed by atoms with van der Waals surface area (Å²) in [7, 11) is -2.09. The van der Waals surface area contributed by atoms with E-state index >= 15 is 0 Å². The normalized spacial score (nSPS) is 12.9. The predicted octanol–water partition coefficient (Wildman–Crippen LogP) is -0.0809. The monoisotopic (exact) mass is 530 g/mol. The Balaban J connectivity index is -0.00000128. The van der Waals surface area contributed by atoms with E-state index in [1.807, 2.05) is 0 Å². The van der Waals surface area contributed by atoms with Crippen LogP contribution in [0.25, 0.3) is 0 Å². The van der Waals surface area contributed by atoms with Gasteiger partial charge in [-0.2, -0.15) is 0 Å². The summed E-state index contributed by atoms with van der Waals surface area (Å²) in [6.07, 6.45) is 0. The van der Waals surface area contributed by atoms with Gasteiger partial charge in [0.05, 0.1) is 50.5 Å². The molecule has 0 aliphatic rings. The van der Waals surface area contributed by atoms with Crippen molar-refractivity contribution in [2.45, 2.75) is 78.0 Å². The Morgan fingerprint density at radius 3 is 0.789 bits per heavy atom. The molecule has 2 radical (unpaired) electrons. The van der Waals surface area contributed by atoms with Crippen LogP contribution in [0, 0.1) is 5.90 Å². The highest BCUT2D eigenvalue weighted by Gasteiger charge is 2.56. The maximum atomic E-state index is 4.23. The van der Waals surface area contributed by atoms with E-state index in [9.17, 15) is 0 Å². The van der Waals surface area contributed by atoms with Crippen LogP contribution in [0.5, 0.6) is 0 Å². The third-order valence-electron chi connectivity index (χ3n) is 4.72. The highest BCUT2D eigenvalue weighted by Crippen LogP contribution is 2.82. The van der Waals surface area contributed by atoms with Gasteiger partial charge in [-0.05, 0) is 55.4 Å². The molecule has 0 nitrogen and oxygen atoms in total. The van der Waals surface area contributed by atoms with Crippen LogP contribution in [0.2, 0.25) is 0 Å². The first kappa shape index (κ1) is 26.2.